The van der Waals surface area contributed by atoms with E-state index < -0.39 is 28.5 Å². The molecule has 0 radical (unpaired) electrons. The van der Waals surface area contributed by atoms with Crippen molar-refractivity contribution in [3.8, 4) is 0 Å². The fraction of sp³-hybridized carbons (Fsp3) is 0.333. The molecule has 2 amide bonds. The molecule has 3 aromatic carbocycles. The molecule has 0 spiro atoms. The van der Waals surface area contributed by atoms with E-state index >= 15 is 0 Å². The Morgan fingerprint density at radius 3 is 2.17 bits per heavy atom. The van der Waals surface area contributed by atoms with Crippen LogP contribution in [-0.4, -0.2) is 50.0 Å². The van der Waals surface area contributed by atoms with Crippen LogP contribution in [0.5, 0.6) is 0 Å². The van der Waals surface area contributed by atoms with E-state index in [1.165, 1.54) is 4.90 Å². The van der Waals surface area contributed by atoms with Gasteiger partial charge in [-0.15, -0.1) is 0 Å². The van der Waals surface area contributed by atoms with Crippen molar-refractivity contribution >= 4 is 50.7 Å². The second kappa shape index (κ2) is 13.5. The normalized spacial score (nSPS) is 14.5. The zero-order chi connectivity index (χ0) is 28.7. The number of para-hydroxylation sites is 1. The third kappa shape index (κ3) is 7.99. The number of hydrogen-bond acceptors (Lipinski definition) is 4. The third-order valence-corrected chi connectivity index (χ3v) is 8.78. The predicted molar refractivity (Wildman–Crippen MR) is 160 cm³/mol. The number of sulfonamides is 1. The summed E-state index contributed by atoms with van der Waals surface area (Å²) in [5.41, 5.74) is 1.83. The topological polar surface area (TPSA) is 86.8 Å². The molecule has 1 fully saturated rings. The minimum Gasteiger partial charge on any atom is -0.352 e. The molecule has 0 bridgehead atoms. The molecule has 1 aliphatic carbocycles. The zero-order valence-electron chi connectivity index (χ0n) is 22.3. The maximum absolute atomic E-state index is 14.1. The number of carbonyl (C=O) groups excluding carboxylic acids is 2. The van der Waals surface area contributed by atoms with E-state index in [1.807, 2.05) is 30.3 Å². The molecule has 1 saturated carbocycles. The van der Waals surface area contributed by atoms with Crippen molar-refractivity contribution in [2.75, 3.05) is 17.1 Å². The quantitative estimate of drug-likeness (QED) is 0.316. The largest absolute Gasteiger partial charge is 0.352 e. The number of rotatable bonds is 11. The van der Waals surface area contributed by atoms with Gasteiger partial charge >= 0.3 is 0 Å². The van der Waals surface area contributed by atoms with Gasteiger partial charge in [0.15, 0.2) is 0 Å². The van der Waals surface area contributed by atoms with Crippen LogP contribution in [0.3, 0.4) is 0 Å². The van der Waals surface area contributed by atoms with Gasteiger partial charge in [0.05, 0.1) is 11.9 Å². The maximum atomic E-state index is 14.1. The highest BCUT2D eigenvalue weighted by Gasteiger charge is 2.34. The zero-order valence-corrected chi connectivity index (χ0v) is 24.6. The van der Waals surface area contributed by atoms with E-state index in [2.05, 4.69) is 5.32 Å². The van der Waals surface area contributed by atoms with E-state index in [0.29, 0.717) is 21.3 Å². The van der Waals surface area contributed by atoms with Gasteiger partial charge in [0, 0.05) is 29.1 Å². The summed E-state index contributed by atoms with van der Waals surface area (Å²) in [6, 6.07) is 22.0. The molecule has 0 aliphatic heterocycles. The molecule has 212 valence electrons. The average molecular weight is 603 g/mol. The SMILES string of the molecule is CS(=O)(=O)N(CC(=O)N(Cc1ccc(Cl)cc1Cl)C(Cc1ccccc1)C(=O)NC1CCCC1)c1ccccc1. The van der Waals surface area contributed by atoms with E-state index in [4.69, 9.17) is 23.2 Å². The Bertz CT molecular complexity index is 1420. The molecule has 10 heteroatoms. The molecule has 7 nitrogen and oxygen atoms in total. The molecule has 0 heterocycles. The Kier molecular flexibility index (Phi) is 10.1. The van der Waals surface area contributed by atoms with Crippen molar-refractivity contribution in [2.45, 2.75) is 50.7 Å². The van der Waals surface area contributed by atoms with E-state index in [0.717, 1.165) is 41.8 Å². The van der Waals surface area contributed by atoms with Crippen molar-refractivity contribution in [3.63, 3.8) is 0 Å². The van der Waals surface area contributed by atoms with Crippen molar-refractivity contribution < 1.29 is 18.0 Å². The van der Waals surface area contributed by atoms with Gasteiger partial charge in [0.2, 0.25) is 21.8 Å². The predicted octanol–water partition coefficient (Wildman–Crippen LogP) is 5.46. The number of halogens is 2. The van der Waals surface area contributed by atoms with Crippen molar-refractivity contribution in [2.24, 2.45) is 0 Å². The lowest BCUT2D eigenvalue weighted by Gasteiger charge is -2.34. The molecule has 0 saturated heterocycles. The first-order valence-corrected chi connectivity index (χ1v) is 15.8. The van der Waals surface area contributed by atoms with Crippen LogP contribution >= 0.6 is 23.2 Å². The summed E-state index contributed by atoms with van der Waals surface area (Å²) in [6.07, 6.45) is 5.16. The van der Waals surface area contributed by atoms with Crippen LogP contribution in [0.25, 0.3) is 0 Å². The number of hydrogen-bond donors (Lipinski definition) is 1. The maximum Gasteiger partial charge on any atom is 0.244 e. The first-order chi connectivity index (χ1) is 19.1. The number of amides is 2. The second-order valence-corrected chi connectivity index (χ2v) is 12.8. The van der Waals surface area contributed by atoms with E-state index in [1.54, 1.807) is 48.5 Å². The minimum atomic E-state index is -3.81. The Balaban J connectivity index is 1.73. The number of anilines is 1. The fourth-order valence-electron chi connectivity index (χ4n) is 4.96. The highest BCUT2D eigenvalue weighted by atomic mass is 35.5. The van der Waals surface area contributed by atoms with Gasteiger partial charge in [0.25, 0.3) is 0 Å². The Hall–Kier alpha value is -3.07. The van der Waals surface area contributed by atoms with Crippen molar-refractivity contribution in [3.05, 3.63) is 100 Å². The van der Waals surface area contributed by atoms with Gasteiger partial charge in [-0.25, -0.2) is 8.42 Å². The molecule has 4 rings (SSSR count). The summed E-state index contributed by atoms with van der Waals surface area (Å²) < 4.78 is 26.7. The molecular weight excluding hydrogens is 569 g/mol. The van der Waals surface area contributed by atoms with Crippen LogP contribution < -0.4 is 9.62 Å². The molecule has 1 atom stereocenters. The summed E-state index contributed by atoms with van der Waals surface area (Å²) in [4.78, 5) is 29.4. The Labute approximate surface area is 246 Å². The van der Waals surface area contributed by atoms with Crippen LogP contribution in [-0.2, 0) is 32.6 Å². The fourth-order valence-corrected chi connectivity index (χ4v) is 6.28. The summed E-state index contributed by atoms with van der Waals surface area (Å²) in [6.45, 7) is -0.479. The van der Waals surface area contributed by atoms with Crippen LogP contribution in [0.4, 0.5) is 5.69 Å². The molecule has 1 aliphatic rings. The summed E-state index contributed by atoms with van der Waals surface area (Å²) >= 11 is 12.6. The number of nitrogens with one attached hydrogen (secondary N) is 1. The minimum absolute atomic E-state index is 0.00316. The van der Waals surface area contributed by atoms with Gasteiger partial charge in [-0.2, -0.15) is 0 Å². The Morgan fingerprint density at radius 1 is 0.950 bits per heavy atom. The van der Waals surface area contributed by atoms with Crippen molar-refractivity contribution in [1.29, 1.82) is 0 Å². The smallest absolute Gasteiger partial charge is 0.244 e. The average Bonchev–Trinajstić information content (AvgIpc) is 3.43. The van der Waals surface area contributed by atoms with Gasteiger partial charge in [-0.3, -0.25) is 13.9 Å². The lowest BCUT2D eigenvalue weighted by molar-refractivity contribution is -0.140. The summed E-state index contributed by atoms with van der Waals surface area (Å²) in [5, 5.41) is 3.93. The van der Waals surface area contributed by atoms with Gasteiger partial charge in [-0.05, 0) is 48.2 Å². The first-order valence-electron chi connectivity index (χ1n) is 13.2. The van der Waals surface area contributed by atoms with Crippen LogP contribution in [0.15, 0.2) is 78.9 Å². The highest BCUT2D eigenvalue weighted by Crippen LogP contribution is 2.26. The van der Waals surface area contributed by atoms with Gasteiger partial charge < -0.3 is 10.2 Å². The third-order valence-electron chi connectivity index (χ3n) is 7.05. The number of carbonyl (C=O) groups is 2. The molecule has 3 aromatic rings. The van der Waals surface area contributed by atoms with E-state index in [9.17, 15) is 18.0 Å². The lowest BCUT2D eigenvalue weighted by atomic mass is 10.0. The summed E-state index contributed by atoms with van der Waals surface area (Å²) in [5.74, 6) is -0.803. The highest BCUT2D eigenvalue weighted by molar-refractivity contribution is 7.92. The van der Waals surface area contributed by atoms with E-state index in [-0.39, 0.29) is 24.9 Å². The standard InChI is InChI=1S/C30H33Cl2N3O4S/c1-40(38,39)35(26-14-6-3-7-15-26)21-29(36)34(20-23-16-17-24(31)19-27(23)32)28(18-22-10-4-2-5-11-22)30(37)33-25-12-8-9-13-25/h2-7,10-11,14-17,19,25,28H,8-9,12-13,18,20-21H2,1H3,(H,33,37). The van der Waals surface area contributed by atoms with Gasteiger partial charge in [0.1, 0.15) is 12.6 Å². The first kappa shape index (κ1) is 29.9. The molecule has 1 unspecified atom stereocenters. The van der Waals surface area contributed by atoms with Crippen LogP contribution in [0.1, 0.15) is 36.8 Å². The molecular formula is C30H33Cl2N3O4S. The molecule has 1 N–H and O–H groups in total. The molecule has 40 heavy (non-hydrogen) atoms. The van der Waals surface area contributed by atoms with Crippen LogP contribution in [0, 0.1) is 0 Å². The molecule has 0 aromatic heterocycles. The summed E-state index contributed by atoms with van der Waals surface area (Å²) in [7, 11) is -3.81. The Morgan fingerprint density at radius 2 is 1.57 bits per heavy atom. The van der Waals surface area contributed by atoms with Crippen LogP contribution in [0.2, 0.25) is 10.0 Å². The second-order valence-electron chi connectivity index (χ2n) is 10.1. The van der Waals surface area contributed by atoms with Crippen molar-refractivity contribution in [1.82, 2.24) is 10.2 Å². The number of nitrogens with zero attached hydrogens (tertiary/aromatic N) is 2. The number of benzene rings is 3. The van der Waals surface area contributed by atoms with Gasteiger partial charge in [-0.1, -0.05) is 90.6 Å². The lowest BCUT2D eigenvalue weighted by Crippen LogP contribution is -2.54. The monoisotopic (exact) mass is 601 g/mol.